The van der Waals surface area contributed by atoms with Crippen LogP contribution in [0.3, 0.4) is 0 Å². The number of rotatable bonds is 8. The zero-order chi connectivity index (χ0) is 18.7. The molecule has 1 fully saturated rings. The monoisotopic (exact) mass is 353 g/mol. The van der Waals surface area contributed by atoms with E-state index in [9.17, 15) is 9.59 Å². The lowest BCUT2D eigenvalue weighted by Crippen LogP contribution is -2.26. The third kappa shape index (κ3) is 4.03. The Bertz CT molecular complexity index is 841. The van der Waals surface area contributed by atoms with Crippen LogP contribution in [-0.2, 0) is 11.2 Å². The van der Waals surface area contributed by atoms with E-state index >= 15 is 0 Å². The highest BCUT2D eigenvalue weighted by Crippen LogP contribution is 2.30. The van der Waals surface area contributed by atoms with Gasteiger partial charge in [0.25, 0.3) is 5.91 Å². The molecular formula is C21H27N3O2. The van der Waals surface area contributed by atoms with Crippen LogP contribution in [0.15, 0.2) is 18.3 Å². The predicted octanol–water partition coefficient (Wildman–Crippen LogP) is 3.78. The normalized spacial score (nSPS) is 13.7. The van der Waals surface area contributed by atoms with Crippen molar-refractivity contribution in [3.8, 4) is 0 Å². The number of ketones is 1. The maximum absolute atomic E-state index is 12.5. The van der Waals surface area contributed by atoms with Crippen molar-refractivity contribution < 1.29 is 9.59 Å². The molecule has 0 unspecified atom stereocenters. The van der Waals surface area contributed by atoms with Crippen LogP contribution >= 0.6 is 0 Å². The molecule has 1 saturated carbocycles. The molecule has 1 amide bonds. The van der Waals surface area contributed by atoms with Crippen molar-refractivity contribution in [1.82, 2.24) is 10.3 Å². The van der Waals surface area contributed by atoms with E-state index in [4.69, 9.17) is 0 Å². The number of benzene rings is 1. The van der Waals surface area contributed by atoms with Gasteiger partial charge >= 0.3 is 0 Å². The van der Waals surface area contributed by atoms with Crippen molar-refractivity contribution in [2.24, 2.45) is 0 Å². The molecule has 5 heteroatoms. The summed E-state index contributed by atoms with van der Waals surface area (Å²) in [5, 5.41) is 7.13. The third-order valence-corrected chi connectivity index (χ3v) is 4.93. The van der Waals surface area contributed by atoms with E-state index in [0.29, 0.717) is 30.2 Å². The van der Waals surface area contributed by atoms with Gasteiger partial charge in [-0.1, -0.05) is 6.92 Å². The molecule has 5 nitrogen and oxygen atoms in total. The van der Waals surface area contributed by atoms with Crippen molar-refractivity contribution in [3.05, 3.63) is 35.0 Å². The summed E-state index contributed by atoms with van der Waals surface area (Å²) in [7, 11) is 1.83. The molecule has 1 heterocycles. The zero-order valence-corrected chi connectivity index (χ0v) is 15.8. The smallest absolute Gasteiger partial charge is 0.255 e. The molecule has 0 aliphatic heterocycles. The molecule has 1 aliphatic carbocycles. The van der Waals surface area contributed by atoms with Gasteiger partial charge in [-0.2, -0.15) is 0 Å². The topological polar surface area (TPSA) is 71.1 Å². The molecule has 1 aromatic heterocycles. The minimum Gasteiger partial charge on any atom is -0.387 e. The molecular weight excluding hydrogens is 326 g/mol. The number of fused-ring (bicyclic) bond motifs is 1. The second-order valence-electron chi connectivity index (χ2n) is 7.13. The van der Waals surface area contributed by atoms with E-state index in [-0.39, 0.29) is 5.91 Å². The van der Waals surface area contributed by atoms with E-state index in [1.165, 1.54) is 0 Å². The molecule has 1 aliphatic rings. The van der Waals surface area contributed by atoms with Gasteiger partial charge in [0, 0.05) is 37.5 Å². The number of anilines is 1. The van der Waals surface area contributed by atoms with Crippen LogP contribution in [0.2, 0.25) is 0 Å². The van der Waals surface area contributed by atoms with E-state index < -0.39 is 0 Å². The average molecular weight is 353 g/mol. The lowest BCUT2D eigenvalue weighted by atomic mass is 9.97. The summed E-state index contributed by atoms with van der Waals surface area (Å²) < 4.78 is 0. The molecule has 0 atom stereocenters. The van der Waals surface area contributed by atoms with Gasteiger partial charge in [-0.3, -0.25) is 14.6 Å². The van der Waals surface area contributed by atoms with Gasteiger partial charge in [-0.05, 0) is 55.9 Å². The third-order valence-electron chi connectivity index (χ3n) is 4.93. The van der Waals surface area contributed by atoms with Crippen LogP contribution < -0.4 is 10.6 Å². The Morgan fingerprint density at radius 3 is 2.65 bits per heavy atom. The summed E-state index contributed by atoms with van der Waals surface area (Å²) >= 11 is 0. The summed E-state index contributed by atoms with van der Waals surface area (Å²) in [5.74, 6) is 0.225. The molecule has 0 saturated heterocycles. The largest absolute Gasteiger partial charge is 0.387 e. The van der Waals surface area contributed by atoms with E-state index in [2.05, 4.69) is 21.7 Å². The summed E-state index contributed by atoms with van der Waals surface area (Å²) in [5.41, 5.74) is 4.50. The molecule has 138 valence electrons. The quantitative estimate of drug-likeness (QED) is 0.758. The number of pyridine rings is 1. The summed E-state index contributed by atoms with van der Waals surface area (Å²) in [6, 6.07) is 4.43. The average Bonchev–Trinajstić information content (AvgIpc) is 3.43. The second-order valence-corrected chi connectivity index (χ2v) is 7.13. The molecule has 0 spiro atoms. The lowest BCUT2D eigenvalue weighted by Gasteiger charge is -2.14. The second kappa shape index (κ2) is 7.85. The van der Waals surface area contributed by atoms with E-state index in [1.54, 1.807) is 6.20 Å². The number of amides is 1. The molecule has 0 bridgehead atoms. The summed E-state index contributed by atoms with van der Waals surface area (Å²) in [6.07, 6.45) is 6.57. The molecule has 26 heavy (non-hydrogen) atoms. The van der Waals surface area contributed by atoms with Crippen molar-refractivity contribution in [3.63, 3.8) is 0 Å². The standard InChI is InChI=1S/C21H27N3O2/c1-4-5-16(25)9-6-14-11-17-19(10-13(14)2)23-12-18(20(17)22-3)21(26)24-15-7-8-15/h10-12,15H,4-9H2,1-3H3,(H,22,23)(H,24,26). The number of aryl methyl sites for hydroxylation is 2. The van der Waals surface area contributed by atoms with Gasteiger partial charge in [0.05, 0.1) is 16.8 Å². The Hall–Kier alpha value is -2.43. The number of carbonyl (C=O) groups excluding carboxylic acids is 2. The predicted molar refractivity (Wildman–Crippen MR) is 105 cm³/mol. The van der Waals surface area contributed by atoms with E-state index in [1.807, 2.05) is 27.0 Å². The van der Waals surface area contributed by atoms with Crippen molar-refractivity contribution in [2.75, 3.05) is 12.4 Å². The number of hydrogen-bond donors (Lipinski definition) is 2. The fourth-order valence-corrected chi connectivity index (χ4v) is 3.27. The van der Waals surface area contributed by atoms with Gasteiger partial charge in [0.2, 0.25) is 0 Å². The first-order chi connectivity index (χ1) is 12.5. The first-order valence-corrected chi connectivity index (χ1v) is 9.46. The minimum atomic E-state index is -0.0773. The number of carbonyl (C=O) groups is 2. The van der Waals surface area contributed by atoms with Gasteiger partial charge in [-0.25, -0.2) is 0 Å². The van der Waals surface area contributed by atoms with Gasteiger partial charge < -0.3 is 10.6 Å². The first kappa shape index (κ1) is 18.4. The zero-order valence-electron chi connectivity index (χ0n) is 15.8. The number of aromatic nitrogens is 1. The summed E-state index contributed by atoms with van der Waals surface area (Å²) in [4.78, 5) is 28.9. The van der Waals surface area contributed by atoms with E-state index in [0.717, 1.165) is 53.4 Å². The Labute approximate surface area is 154 Å². The number of nitrogens with zero attached hydrogens (tertiary/aromatic N) is 1. The number of Topliss-reactive ketones (excluding diaryl/α,β-unsaturated/α-hetero) is 1. The van der Waals surface area contributed by atoms with Crippen molar-refractivity contribution >= 4 is 28.3 Å². The minimum absolute atomic E-state index is 0.0773. The highest BCUT2D eigenvalue weighted by atomic mass is 16.1. The first-order valence-electron chi connectivity index (χ1n) is 9.46. The SMILES string of the molecule is CCCC(=O)CCc1cc2c(NC)c(C(=O)NC3CC3)cnc2cc1C. The highest BCUT2D eigenvalue weighted by molar-refractivity contribution is 6.07. The summed E-state index contributed by atoms with van der Waals surface area (Å²) in [6.45, 7) is 4.08. The number of hydrogen-bond acceptors (Lipinski definition) is 4. The Balaban J connectivity index is 1.93. The van der Waals surface area contributed by atoms with Crippen LogP contribution in [0.1, 0.15) is 60.5 Å². The molecule has 0 radical (unpaired) electrons. The van der Waals surface area contributed by atoms with Gasteiger partial charge in [-0.15, -0.1) is 0 Å². The fourth-order valence-electron chi connectivity index (χ4n) is 3.27. The van der Waals surface area contributed by atoms with Crippen LogP contribution in [0.4, 0.5) is 5.69 Å². The number of nitrogens with one attached hydrogen (secondary N) is 2. The van der Waals surface area contributed by atoms with Crippen molar-refractivity contribution in [2.45, 2.75) is 58.4 Å². The lowest BCUT2D eigenvalue weighted by molar-refractivity contribution is -0.119. The van der Waals surface area contributed by atoms with Gasteiger partial charge in [0.15, 0.2) is 0 Å². The van der Waals surface area contributed by atoms with Crippen LogP contribution in [0, 0.1) is 6.92 Å². The molecule has 3 rings (SSSR count). The van der Waals surface area contributed by atoms with Crippen LogP contribution in [0.5, 0.6) is 0 Å². The van der Waals surface area contributed by atoms with Crippen molar-refractivity contribution in [1.29, 1.82) is 0 Å². The molecule has 2 aromatic rings. The maximum Gasteiger partial charge on any atom is 0.255 e. The Morgan fingerprint density at radius 2 is 2.00 bits per heavy atom. The molecule has 1 aromatic carbocycles. The molecule has 2 N–H and O–H groups in total. The highest BCUT2D eigenvalue weighted by Gasteiger charge is 2.25. The van der Waals surface area contributed by atoms with Crippen LogP contribution in [-0.4, -0.2) is 29.8 Å². The maximum atomic E-state index is 12.5. The van der Waals surface area contributed by atoms with Crippen LogP contribution in [0.25, 0.3) is 10.9 Å². The Morgan fingerprint density at radius 1 is 1.23 bits per heavy atom. The Kier molecular flexibility index (Phi) is 5.55. The van der Waals surface area contributed by atoms with Gasteiger partial charge in [0.1, 0.15) is 5.78 Å². The fraction of sp³-hybridized carbons (Fsp3) is 0.476.